The molecule has 0 bridgehead atoms. The highest BCUT2D eigenvalue weighted by Gasteiger charge is 2.25. The summed E-state index contributed by atoms with van der Waals surface area (Å²) in [6.07, 6.45) is 0. The van der Waals surface area contributed by atoms with Crippen LogP contribution in [-0.4, -0.2) is 9.02 Å². The Morgan fingerprint density at radius 1 is 1.11 bits per heavy atom. The Morgan fingerprint density at radius 2 is 1.79 bits per heavy atom. The summed E-state index contributed by atoms with van der Waals surface area (Å²) in [5.41, 5.74) is 8.07. The van der Waals surface area contributed by atoms with E-state index in [9.17, 15) is 4.79 Å². The van der Waals surface area contributed by atoms with Crippen LogP contribution in [0.4, 0.5) is 5.69 Å². The van der Waals surface area contributed by atoms with E-state index in [0.717, 1.165) is 22.6 Å². The van der Waals surface area contributed by atoms with Gasteiger partial charge in [0.25, 0.3) is 5.91 Å². The summed E-state index contributed by atoms with van der Waals surface area (Å²) in [6, 6.07) is 12.7. The fourth-order valence-corrected chi connectivity index (χ4v) is 2.62. The molecule has 2 N–H and O–H groups in total. The molecule has 0 aliphatic carbocycles. The van der Waals surface area contributed by atoms with Gasteiger partial charge in [-0.3, -0.25) is 7.91 Å². The van der Waals surface area contributed by atoms with Gasteiger partial charge in [0.15, 0.2) is 0 Å². The first kappa shape index (κ1) is 12.3. The summed E-state index contributed by atoms with van der Waals surface area (Å²) >= 11 is 2.02. The van der Waals surface area contributed by atoms with E-state index in [4.69, 9.17) is 10.5 Å². The molecule has 0 fully saturated rings. The van der Waals surface area contributed by atoms with Crippen LogP contribution >= 0.6 is 22.9 Å². The molecule has 96 valence electrons. The third-order valence-corrected chi connectivity index (χ3v) is 3.73. The molecule has 0 saturated carbocycles. The number of benzene rings is 2. The number of nitrogens with two attached hydrogens (primary N) is 1. The van der Waals surface area contributed by atoms with Crippen LogP contribution in [-0.2, 0) is 6.54 Å². The first-order valence-corrected chi connectivity index (χ1v) is 6.74. The number of nitrogen functional groups attached to an aromatic ring is 1. The van der Waals surface area contributed by atoms with Crippen molar-refractivity contribution < 1.29 is 9.53 Å². The smallest absolute Gasteiger partial charge is 0.263 e. The number of anilines is 1. The fourth-order valence-electron chi connectivity index (χ4n) is 2.00. The molecule has 5 heteroatoms. The van der Waals surface area contributed by atoms with Gasteiger partial charge in [-0.2, -0.15) is 0 Å². The number of hydrogen-bond acceptors (Lipinski definition) is 3. The van der Waals surface area contributed by atoms with Crippen LogP contribution in [0.1, 0.15) is 15.9 Å². The van der Waals surface area contributed by atoms with E-state index < -0.39 is 0 Å². The molecular formula is C14H11IN2O2. The standard InChI is InChI=1S/C14H11IN2O2/c15-17-8-9-7-12(5-6-13(9)14(17)18)19-11-3-1-10(16)2-4-11/h1-7H,8,16H2. The topological polar surface area (TPSA) is 55.6 Å². The second-order valence-corrected chi connectivity index (χ2v) is 5.48. The average Bonchev–Trinajstić information content (AvgIpc) is 2.68. The molecule has 1 heterocycles. The number of amides is 1. The molecule has 4 nitrogen and oxygen atoms in total. The van der Waals surface area contributed by atoms with Gasteiger partial charge in [0.2, 0.25) is 0 Å². The van der Waals surface area contributed by atoms with Crippen molar-refractivity contribution in [3.63, 3.8) is 0 Å². The molecule has 2 aromatic rings. The van der Waals surface area contributed by atoms with Gasteiger partial charge in [-0.1, -0.05) is 0 Å². The normalized spacial score (nSPS) is 13.5. The van der Waals surface area contributed by atoms with E-state index in [0.29, 0.717) is 12.2 Å². The number of halogens is 1. The van der Waals surface area contributed by atoms with Crippen molar-refractivity contribution in [2.45, 2.75) is 6.54 Å². The quantitative estimate of drug-likeness (QED) is 0.504. The first-order chi connectivity index (χ1) is 9.13. The zero-order valence-corrected chi connectivity index (χ0v) is 12.1. The highest BCUT2D eigenvalue weighted by Crippen LogP contribution is 2.30. The molecule has 0 saturated heterocycles. The first-order valence-electron chi connectivity index (χ1n) is 5.77. The molecule has 0 atom stereocenters. The lowest BCUT2D eigenvalue weighted by atomic mass is 10.1. The third-order valence-electron chi connectivity index (χ3n) is 2.95. The van der Waals surface area contributed by atoms with Gasteiger partial charge in [-0.25, -0.2) is 0 Å². The largest absolute Gasteiger partial charge is 0.457 e. The van der Waals surface area contributed by atoms with Crippen molar-refractivity contribution in [2.75, 3.05) is 5.73 Å². The number of carbonyl (C=O) groups is 1. The van der Waals surface area contributed by atoms with Crippen molar-refractivity contribution in [1.29, 1.82) is 0 Å². The Labute approximate surface area is 124 Å². The number of rotatable bonds is 2. The van der Waals surface area contributed by atoms with Gasteiger partial charge in [-0.15, -0.1) is 0 Å². The lowest BCUT2D eigenvalue weighted by Crippen LogP contribution is -2.09. The van der Waals surface area contributed by atoms with E-state index in [-0.39, 0.29) is 5.91 Å². The van der Waals surface area contributed by atoms with E-state index in [2.05, 4.69) is 0 Å². The van der Waals surface area contributed by atoms with Crippen molar-refractivity contribution in [1.82, 2.24) is 3.11 Å². The maximum atomic E-state index is 11.8. The lowest BCUT2D eigenvalue weighted by Gasteiger charge is -2.07. The van der Waals surface area contributed by atoms with Crippen LogP contribution in [0, 0.1) is 0 Å². The summed E-state index contributed by atoms with van der Waals surface area (Å²) in [4.78, 5) is 11.8. The minimum Gasteiger partial charge on any atom is -0.457 e. The molecule has 0 unspecified atom stereocenters. The Morgan fingerprint density at radius 3 is 2.53 bits per heavy atom. The molecule has 1 aliphatic heterocycles. The number of fused-ring (bicyclic) bond motifs is 1. The number of carbonyl (C=O) groups excluding carboxylic acids is 1. The van der Waals surface area contributed by atoms with E-state index in [1.54, 1.807) is 15.2 Å². The molecule has 1 amide bonds. The van der Waals surface area contributed by atoms with Crippen LogP contribution in [0.25, 0.3) is 0 Å². The molecule has 0 radical (unpaired) electrons. The van der Waals surface area contributed by atoms with Crippen molar-refractivity contribution in [3.8, 4) is 11.5 Å². The molecule has 19 heavy (non-hydrogen) atoms. The predicted molar refractivity (Wildman–Crippen MR) is 81.3 cm³/mol. The van der Waals surface area contributed by atoms with Crippen LogP contribution in [0.2, 0.25) is 0 Å². The summed E-state index contributed by atoms with van der Waals surface area (Å²) in [7, 11) is 0. The zero-order valence-electron chi connectivity index (χ0n) is 9.97. The summed E-state index contributed by atoms with van der Waals surface area (Å²) in [6.45, 7) is 0.619. The highest BCUT2D eigenvalue weighted by atomic mass is 127. The maximum Gasteiger partial charge on any atom is 0.263 e. The van der Waals surface area contributed by atoms with Crippen LogP contribution in [0.5, 0.6) is 11.5 Å². The van der Waals surface area contributed by atoms with Crippen LogP contribution in [0.3, 0.4) is 0 Å². The van der Waals surface area contributed by atoms with Gasteiger partial charge >= 0.3 is 0 Å². The Kier molecular flexibility index (Phi) is 3.06. The van der Waals surface area contributed by atoms with E-state index in [1.165, 1.54) is 0 Å². The Bertz CT molecular complexity index is 640. The molecule has 2 aromatic carbocycles. The van der Waals surface area contributed by atoms with Crippen LogP contribution in [0.15, 0.2) is 42.5 Å². The van der Waals surface area contributed by atoms with Gasteiger partial charge in [0, 0.05) is 11.3 Å². The minimum absolute atomic E-state index is 0.0506. The average molecular weight is 366 g/mol. The highest BCUT2D eigenvalue weighted by molar-refractivity contribution is 14.1. The lowest BCUT2D eigenvalue weighted by molar-refractivity contribution is 0.0905. The second kappa shape index (κ2) is 4.73. The van der Waals surface area contributed by atoms with E-state index >= 15 is 0 Å². The Hall–Kier alpha value is -1.76. The number of hydrogen-bond donors (Lipinski definition) is 1. The second-order valence-electron chi connectivity index (χ2n) is 4.32. The monoisotopic (exact) mass is 366 g/mol. The summed E-state index contributed by atoms with van der Waals surface area (Å²) in [5.74, 6) is 1.50. The summed E-state index contributed by atoms with van der Waals surface area (Å²) < 4.78 is 7.40. The predicted octanol–water partition coefficient (Wildman–Crippen LogP) is 3.37. The van der Waals surface area contributed by atoms with Gasteiger partial charge in [0.05, 0.1) is 29.4 Å². The molecule has 0 spiro atoms. The van der Waals surface area contributed by atoms with Gasteiger partial charge in [0.1, 0.15) is 11.5 Å². The van der Waals surface area contributed by atoms with Crippen molar-refractivity contribution in [2.24, 2.45) is 0 Å². The molecule has 0 aromatic heterocycles. The van der Waals surface area contributed by atoms with Gasteiger partial charge < -0.3 is 10.5 Å². The number of nitrogens with zero attached hydrogens (tertiary/aromatic N) is 1. The SMILES string of the molecule is Nc1ccc(Oc2ccc3c(c2)CN(I)C3=O)cc1. The van der Waals surface area contributed by atoms with E-state index in [1.807, 2.05) is 53.2 Å². The van der Waals surface area contributed by atoms with Gasteiger partial charge in [-0.05, 0) is 48.0 Å². The fraction of sp³-hybridized carbons (Fsp3) is 0.0714. The molecule has 3 rings (SSSR count). The minimum atomic E-state index is 0.0506. The number of ether oxygens (including phenoxy) is 1. The van der Waals surface area contributed by atoms with Crippen molar-refractivity contribution in [3.05, 3.63) is 53.6 Å². The summed E-state index contributed by atoms with van der Waals surface area (Å²) in [5, 5.41) is 0. The van der Waals surface area contributed by atoms with Crippen LogP contribution < -0.4 is 10.5 Å². The maximum absolute atomic E-state index is 11.8. The zero-order chi connectivity index (χ0) is 13.4. The molecular weight excluding hydrogens is 355 g/mol. The molecule has 1 aliphatic rings. The van der Waals surface area contributed by atoms with Crippen molar-refractivity contribution >= 4 is 34.5 Å². The third kappa shape index (κ3) is 2.37. The Balaban J connectivity index is 1.86.